The van der Waals surface area contributed by atoms with E-state index in [4.69, 9.17) is 9.47 Å². The van der Waals surface area contributed by atoms with Crippen LogP contribution in [-0.4, -0.2) is 44.5 Å². The Labute approximate surface area is 125 Å². The summed E-state index contributed by atoms with van der Waals surface area (Å²) in [6.45, 7) is 1.47. The molecule has 5 nitrogen and oxygen atoms in total. The lowest BCUT2D eigenvalue weighted by Gasteiger charge is -2.39. The van der Waals surface area contributed by atoms with Gasteiger partial charge in [-0.25, -0.2) is 0 Å². The van der Waals surface area contributed by atoms with Crippen LogP contribution in [0.5, 0.6) is 0 Å². The van der Waals surface area contributed by atoms with Gasteiger partial charge in [-0.3, -0.25) is 4.79 Å². The number of carbonyl (C=O) groups is 1. The van der Waals surface area contributed by atoms with E-state index in [9.17, 15) is 9.90 Å². The van der Waals surface area contributed by atoms with E-state index in [2.05, 4.69) is 5.32 Å². The van der Waals surface area contributed by atoms with Gasteiger partial charge in [0.05, 0.1) is 6.54 Å². The van der Waals surface area contributed by atoms with Crippen LogP contribution < -0.4 is 5.32 Å². The highest BCUT2D eigenvalue weighted by Crippen LogP contribution is 2.35. The van der Waals surface area contributed by atoms with Crippen molar-refractivity contribution in [3.8, 4) is 0 Å². The maximum absolute atomic E-state index is 11.6. The van der Waals surface area contributed by atoms with Crippen LogP contribution in [-0.2, 0) is 19.9 Å². The van der Waals surface area contributed by atoms with Crippen LogP contribution in [0.3, 0.4) is 0 Å². The number of benzene rings is 1. The van der Waals surface area contributed by atoms with Crippen molar-refractivity contribution in [3.05, 3.63) is 35.9 Å². The summed E-state index contributed by atoms with van der Waals surface area (Å²) in [7, 11) is 1.47. The normalized spacial score (nSPS) is 19.0. The highest BCUT2D eigenvalue weighted by atomic mass is 16.5. The molecule has 1 aliphatic rings. The number of ether oxygens (including phenoxy) is 2. The van der Waals surface area contributed by atoms with Crippen LogP contribution >= 0.6 is 0 Å². The first kappa shape index (κ1) is 15.9. The van der Waals surface area contributed by atoms with Gasteiger partial charge in [-0.05, 0) is 24.3 Å². The van der Waals surface area contributed by atoms with Crippen molar-refractivity contribution in [3.63, 3.8) is 0 Å². The lowest BCUT2D eigenvalue weighted by atomic mass is 9.77. The minimum Gasteiger partial charge on any atom is -0.383 e. The van der Waals surface area contributed by atoms with Crippen molar-refractivity contribution in [1.82, 2.24) is 5.32 Å². The lowest BCUT2D eigenvalue weighted by Crippen LogP contribution is -2.48. The van der Waals surface area contributed by atoms with Crippen molar-refractivity contribution in [2.75, 3.05) is 33.5 Å². The van der Waals surface area contributed by atoms with Crippen LogP contribution in [0.2, 0.25) is 0 Å². The van der Waals surface area contributed by atoms with Crippen LogP contribution in [0, 0.1) is 5.92 Å². The van der Waals surface area contributed by atoms with Crippen molar-refractivity contribution < 1.29 is 19.4 Å². The van der Waals surface area contributed by atoms with Gasteiger partial charge in [-0.15, -0.1) is 0 Å². The molecule has 2 N–H and O–H groups in total. The van der Waals surface area contributed by atoms with Gasteiger partial charge >= 0.3 is 0 Å². The number of amides is 1. The summed E-state index contributed by atoms with van der Waals surface area (Å²) >= 11 is 0. The highest BCUT2D eigenvalue weighted by molar-refractivity contribution is 5.77. The molecule has 1 fully saturated rings. The monoisotopic (exact) mass is 293 g/mol. The number of rotatable bonds is 6. The SMILES string of the molecule is COCC(=O)NC[C@](O)(c1ccccc1)C1CCOCC1. The van der Waals surface area contributed by atoms with Gasteiger partial charge < -0.3 is 19.9 Å². The van der Waals surface area contributed by atoms with Crippen LogP contribution in [0.1, 0.15) is 18.4 Å². The highest BCUT2D eigenvalue weighted by Gasteiger charge is 2.39. The first-order valence-electron chi connectivity index (χ1n) is 7.28. The zero-order valence-corrected chi connectivity index (χ0v) is 12.4. The zero-order chi connectivity index (χ0) is 15.1. The quantitative estimate of drug-likeness (QED) is 0.823. The summed E-state index contributed by atoms with van der Waals surface area (Å²) in [5, 5.41) is 14.0. The van der Waals surface area contributed by atoms with E-state index in [0.717, 1.165) is 18.4 Å². The fraction of sp³-hybridized carbons (Fsp3) is 0.562. The Hall–Kier alpha value is -1.43. The molecule has 1 aromatic rings. The first-order valence-corrected chi connectivity index (χ1v) is 7.28. The Morgan fingerprint density at radius 3 is 2.67 bits per heavy atom. The molecule has 21 heavy (non-hydrogen) atoms. The molecule has 0 aliphatic carbocycles. The molecule has 5 heteroatoms. The summed E-state index contributed by atoms with van der Waals surface area (Å²) in [4.78, 5) is 11.6. The third-order valence-electron chi connectivity index (χ3n) is 4.00. The molecule has 2 rings (SSSR count). The molecular weight excluding hydrogens is 270 g/mol. The van der Waals surface area contributed by atoms with Gasteiger partial charge in [0.1, 0.15) is 12.2 Å². The van der Waals surface area contributed by atoms with Gasteiger partial charge in [0.15, 0.2) is 0 Å². The standard InChI is InChI=1S/C16H23NO4/c1-20-11-15(18)17-12-16(19,13-5-3-2-4-6-13)14-7-9-21-10-8-14/h2-6,14,19H,7-12H2,1H3,(H,17,18)/t16-/m0/s1. The maximum atomic E-state index is 11.6. The molecule has 1 aliphatic heterocycles. The van der Waals surface area contributed by atoms with Gasteiger partial charge in [-0.2, -0.15) is 0 Å². The molecule has 0 saturated carbocycles. The smallest absolute Gasteiger partial charge is 0.246 e. The van der Waals surface area contributed by atoms with E-state index in [1.807, 2.05) is 30.3 Å². The van der Waals surface area contributed by atoms with E-state index in [1.165, 1.54) is 7.11 Å². The van der Waals surface area contributed by atoms with E-state index in [1.54, 1.807) is 0 Å². The molecule has 0 aromatic heterocycles. The average Bonchev–Trinajstić information content (AvgIpc) is 2.54. The maximum Gasteiger partial charge on any atom is 0.246 e. The second kappa shape index (κ2) is 7.54. The zero-order valence-electron chi connectivity index (χ0n) is 12.4. The third kappa shape index (κ3) is 4.03. The van der Waals surface area contributed by atoms with Crippen molar-refractivity contribution in [2.45, 2.75) is 18.4 Å². The average molecular weight is 293 g/mol. The molecule has 1 amide bonds. The number of carbonyl (C=O) groups excluding carboxylic acids is 1. The predicted molar refractivity (Wildman–Crippen MR) is 78.8 cm³/mol. The first-order chi connectivity index (χ1) is 10.2. The minimum atomic E-state index is -1.07. The van der Waals surface area contributed by atoms with E-state index < -0.39 is 5.60 Å². The molecule has 1 saturated heterocycles. The summed E-state index contributed by atoms with van der Waals surface area (Å²) in [5.74, 6) is -0.157. The second-order valence-electron chi connectivity index (χ2n) is 5.39. The number of methoxy groups -OCH3 is 1. The third-order valence-corrected chi connectivity index (χ3v) is 4.00. The topological polar surface area (TPSA) is 67.8 Å². The number of hydrogen-bond donors (Lipinski definition) is 2. The van der Waals surface area contributed by atoms with Gasteiger partial charge in [0.2, 0.25) is 5.91 Å². The Kier molecular flexibility index (Phi) is 5.73. The molecule has 0 bridgehead atoms. The van der Waals surface area contributed by atoms with E-state index in [0.29, 0.717) is 13.2 Å². The summed E-state index contributed by atoms with van der Waals surface area (Å²) in [6.07, 6.45) is 1.57. The van der Waals surface area contributed by atoms with E-state index in [-0.39, 0.29) is 25.0 Å². The molecule has 1 atom stereocenters. The van der Waals surface area contributed by atoms with Gasteiger partial charge in [-0.1, -0.05) is 30.3 Å². The predicted octanol–water partition coefficient (Wildman–Crippen LogP) is 1.06. The van der Waals surface area contributed by atoms with Crippen molar-refractivity contribution in [1.29, 1.82) is 0 Å². The molecule has 116 valence electrons. The summed E-state index contributed by atoms with van der Waals surface area (Å²) in [5.41, 5.74) is -0.247. The fourth-order valence-electron chi connectivity index (χ4n) is 2.80. The largest absolute Gasteiger partial charge is 0.383 e. The van der Waals surface area contributed by atoms with Crippen LogP contribution in [0.25, 0.3) is 0 Å². The Bertz CT molecular complexity index is 445. The number of aliphatic hydroxyl groups is 1. The van der Waals surface area contributed by atoms with Crippen molar-refractivity contribution >= 4 is 5.91 Å². The lowest BCUT2D eigenvalue weighted by molar-refractivity contribution is -0.127. The molecule has 0 unspecified atom stereocenters. The molecule has 1 aromatic carbocycles. The Balaban J connectivity index is 2.15. The molecular formula is C16H23NO4. The molecule has 0 radical (unpaired) electrons. The molecule has 0 spiro atoms. The second-order valence-corrected chi connectivity index (χ2v) is 5.39. The Morgan fingerprint density at radius 2 is 2.05 bits per heavy atom. The van der Waals surface area contributed by atoms with Crippen LogP contribution in [0.4, 0.5) is 0 Å². The van der Waals surface area contributed by atoms with Crippen molar-refractivity contribution in [2.24, 2.45) is 5.92 Å². The van der Waals surface area contributed by atoms with Gasteiger partial charge in [0, 0.05) is 20.3 Å². The summed E-state index contributed by atoms with van der Waals surface area (Å²) < 4.78 is 10.2. The van der Waals surface area contributed by atoms with Crippen LogP contribution in [0.15, 0.2) is 30.3 Å². The van der Waals surface area contributed by atoms with E-state index >= 15 is 0 Å². The number of hydrogen-bond acceptors (Lipinski definition) is 4. The summed E-state index contributed by atoms with van der Waals surface area (Å²) in [6, 6.07) is 9.51. The minimum absolute atomic E-state index is 0.00134. The van der Waals surface area contributed by atoms with Gasteiger partial charge in [0.25, 0.3) is 0 Å². The Morgan fingerprint density at radius 1 is 1.38 bits per heavy atom. The molecule has 1 heterocycles. The number of nitrogens with one attached hydrogen (secondary N) is 1. The fourth-order valence-corrected chi connectivity index (χ4v) is 2.80.